The Bertz CT molecular complexity index is 1170. The van der Waals surface area contributed by atoms with E-state index in [1.54, 1.807) is 18.0 Å². The zero-order chi connectivity index (χ0) is 26.6. The van der Waals surface area contributed by atoms with Gasteiger partial charge in [-0.2, -0.15) is 0 Å². The first-order valence-corrected chi connectivity index (χ1v) is 13.0. The van der Waals surface area contributed by atoms with E-state index in [2.05, 4.69) is 5.32 Å². The highest BCUT2D eigenvalue weighted by atomic mass is 35.5. The van der Waals surface area contributed by atoms with Gasteiger partial charge in [-0.25, -0.2) is 0 Å². The first-order chi connectivity index (χ1) is 18.0. The molecular weight excluding hydrogens is 488 g/mol. The van der Waals surface area contributed by atoms with E-state index in [0.717, 1.165) is 16.7 Å². The van der Waals surface area contributed by atoms with Crippen LogP contribution in [0.25, 0.3) is 0 Å². The molecule has 6 nitrogen and oxygen atoms in total. The Morgan fingerprint density at radius 3 is 2.24 bits per heavy atom. The Kier molecular flexibility index (Phi) is 10.8. The fourth-order valence-electron chi connectivity index (χ4n) is 4.18. The predicted molar refractivity (Wildman–Crippen MR) is 147 cm³/mol. The number of amides is 2. The molecule has 0 saturated carbocycles. The Labute approximate surface area is 224 Å². The second-order valence-electron chi connectivity index (χ2n) is 8.58. The Hall–Kier alpha value is -3.51. The number of aryl methyl sites for hydroxylation is 1. The molecule has 0 aliphatic carbocycles. The van der Waals surface area contributed by atoms with Gasteiger partial charge in [0.15, 0.2) is 11.5 Å². The van der Waals surface area contributed by atoms with Crippen LogP contribution < -0.4 is 14.8 Å². The molecule has 3 rings (SSSR count). The van der Waals surface area contributed by atoms with Crippen LogP contribution in [0.1, 0.15) is 37.0 Å². The molecule has 0 heterocycles. The molecule has 3 aromatic carbocycles. The number of nitrogens with zero attached hydrogens (tertiary/aromatic N) is 1. The Morgan fingerprint density at radius 1 is 0.892 bits per heavy atom. The summed E-state index contributed by atoms with van der Waals surface area (Å²) in [6.07, 6.45) is 1.12. The van der Waals surface area contributed by atoms with Crippen LogP contribution in [0.4, 0.5) is 0 Å². The van der Waals surface area contributed by atoms with Crippen LogP contribution in [0, 0.1) is 0 Å². The lowest BCUT2D eigenvalue weighted by atomic mass is 10.0. The monoisotopic (exact) mass is 522 g/mol. The fourth-order valence-corrected chi connectivity index (χ4v) is 4.37. The van der Waals surface area contributed by atoms with E-state index in [1.165, 1.54) is 0 Å². The van der Waals surface area contributed by atoms with Crippen molar-refractivity contribution in [2.45, 2.75) is 45.7 Å². The van der Waals surface area contributed by atoms with Crippen LogP contribution in [0.2, 0.25) is 5.02 Å². The molecule has 0 aliphatic heterocycles. The quantitative estimate of drug-likeness (QED) is 0.324. The van der Waals surface area contributed by atoms with Crippen molar-refractivity contribution >= 4 is 23.4 Å². The molecule has 1 atom stereocenters. The Morgan fingerprint density at radius 2 is 1.57 bits per heavy atom. The van der Waals surface area contributed by atoms with E-state index >= 15 is 0 Å². The Balaban J connectivity index is 1.87. The second kappa shape index (κ2) is 14.3. The lowest BCUT2D eigenvalue weighted by molar-refractivity contribution is -0.141. The highest BCUT2D eigenvalue weighted by Crippen LogP contribution is 2.29. The summed E-state index contributed by atoms with van der Waals surface area (Å²) in [6.45, 7) is 5.13. The third kappa shape index (κ3) is 7.99. The van der Waals surface area contributed by atoms with E-state index in [1.807, 2.05) is 80.6 Å². The topological polar surface area (TPSA) is 67.9 Å². The first-order valence-electron chi connectivity index (χ1n) is 12.6. The SMILES string of the molecule is CCOc1ccc(CCC(=O)N(Cc2ccccc2Cl)[C@H](Cc2ccccc2)C(=O)NC)cc1OCC. The van der Waals surface area contributed by atoms with E-state index in [-0.39, 0.29) is 24.8 Å². The van der Waals surface area contributed by atoms with Gasteiger partial charge >= 0.3 is 0 Å². The van der Waals surface area contributed by atoms with Crippen LogP contribution in [-0.2, 0) is 29.0 Å². The maximum absolute atomic E-state index is 13.7. The number of carbonyl (C=O) groups excluding carboxylic acids is 2. The number of hydrogen-bond acceptors (Lipinski definition) is 4. The van der Waals surface area contributed by atoms with Crippen molar-refractivity contribution in [2.24, 2.45) is 0 Å². The molecule has 0 bridgehead atoms. The summed E-state index contributed by atoms with van der Waals surface area (Å²) < 4.78 is 11.4. The molecular formula is C30H35ClN2O4. The minimum atomic E-state index is -0.685. The zero-order valence-corrected chi connectivity index (χ0v) is 22.5. The van der Waals surface area contributed by atoms with Gasteiger partial charge < -0.3 is 19.7 Å². The van der Waals surface area contributed by atoms with E-state index in [9.17, 15) is 9.59 Å². The van der Waals surface area contributed by atoms with Gasteiger partial charge in [0.1, 0.15) is 6.04 Å². The van der Waals surface area contributed by atoms with Crippen molar-refractivity contribution in [1.29, 1.82) is 0 Å². The van der Waals surface area contributed by atoms with Crippen molar-refractivity contribution in [1.82, 2.24) is 10.2 Å². The third-order valence-electron chi connectivity index (χ3n) is 6.05. The summed E-state index contributed by atoms with van der Waals surface area (Å²) >= 11 is 6.45. The molecule has 0 aromatic heterocycles. The predicted octanol–water partition coefficient (Wildman–Crippen LogP) is 5.46. The number of hydrogen-bond donors (Lipinski definition) is 1. The number of benzene rings is 3. The summed E-state index contributed by atoms with van der Waals surface area (Å²) in [5.74, 6) is 0.997. The van der Waals surface area contributed by atoms with Crippen molar-refractivity contribution < 1.29 is 19.1 Å². The summed E-state index contributed by atoms with van der Waals surface area (Å²) in [5.41, 5.74) is 2.72. The van der Waals surface area contributed by atoms with Crippen LogP contribution in [-0.4, -0.2) is 43.0 Å². The number of rotatable bonds is 13. The molecule has 0 fully saturated rings. The van der Waals surface area contributed by atoms with E-state index in [0.29, 0.717) is 42.6 Å². The van der Waals surface area contributed by atoms with Gasteiger partial charge in [0.05, 0.1) is 13.2 Å². The van der Waals surface area contributed by atoms with Gasteiger partial charge in [0.2, 0.25) is 11.8 Å². The summed E-state index contributed by atoms with van der Waals surface area (Å²) in [6, 6.07) is 22.2. The molecule has 0 spiro atoms. The molecule has 0 unspecified atom stereocenters. The van der Waals surface area contributed by atoms with Crippen molar-refractivity contribution in [3.63, 3.8) is 0 Å². The van der Waals surface area contributed by atoms with Gasteiger partial charge in [0.25, 0.3) is 0 Å². The number of halogens is 1. The highest BCUT2D eigenvalue weighted by Gasteiger charge is 2.30. The summed E-state index contributed by atoms with van der Waals surface area (Å²) in [5, 5.41) is 3.30. The molecule has 37 heavy (non-hydrogen) atoms. The lowest BCUT2D eigenvalue weighted by Crippen LogP contribution is -2.49. The summed E-state index contributed by atoms with van der Waals surface area (Å²) in [4.78, 5) is 28.4. The van der Waals surface area contributed by atoms with Gasteiger partial charge in [-0.3, -0.25) is 9.59 Å². The average molecular weight is 523 g/mol. The number of carbonyl (C=O) groups is 2. The average Bonchev–Trinajstić information content (AvgIpc) is 2.92. The van der Waals surface area contributed by atoms with Gasteiger partial charge in [-0.05, 0) is 55.2 Å². The second-order valence-corrected chi connectivity index (χ2v) is 8.99. The van der Waals surface area contributed by atoms with Crippen LogP contribution in [0.5, 0.6) is 11.5 Å². The molecule has 3 aromatic rings. The van der Waals surface area contributed by atoms with Gasteiger partial charge in [-0.15, -0.1) is 0 Å². The van der Waals surface area contributed by atoms with Crippen molar-refractivity contribution in [3.05, 3.63) is 94.5 Å². The minimum absolute atomic E-state index is 0.128. The van der Waals surface area contributed by atoms with Crippen LogP contribution in [0.15, 0.2) is 72.8 Å². The highest BCUT2D eigenvalue weighted by molar-refractivity contribution is 6.31. The first kappa shape index (κ1) is 28.1. The number of likely N-dealkylation sites (N-methyl/N-ethyl adjacent to an activating group) is 1. The fraction of sp³-hybridized carbons (Fsp3) is 0.333. The lowest BCUT2D eigenvalue weighted by Gasteiger charge is -2.31. The molecule has 1 N–H and O–H groups in total. The largest absolute Gasteiger partial charge is 0.490 e. The molecule has 0 saturated heterocycles. The minimum Gasteiger partial charge on any atom is -0.490 e. The maximum Gasteiger partial charge on any atom is 0.242 e. The smallest absolute Gasteiger partial charge is 0.242 e. The van der Waals surface area contributed by atoms with Crippen LogP contribution >= 0.6 is 11.6 Å². The molecule has 196 valence electrons. The van der Waals surface area contributed by atoms with Gasteiger partial charge in [-0.1, -0.05) is 66.2 Å². The summed E-state index contributed by atoms with van der Waals surface area (Å²) in [7, 11) is 1.59. The molecule has 2 amide bonds. The number of nitrogens with one attached hydrogen (secondary N) is 1. The van der Waals surface area contributed by atoms with E-state index < -0.39 is 6.04 Å². The third-order valence-corrected chi connectivity index (χ3v) is 6.42. The van der Waals surface area contributed by atoms with Gasteiger partial charge in [0, 0.05) is 31.5 Å². The van der Waals surface area contributed by atoms with E-state index in [4.69, 9.17) is 21.1 Å². The molecule has 0 aliphatic rings. The standard InChI is InChI=1S/C30H35ClN2O4/c1-4-36-27-17-15-23(20-28(27)37-5-2)16-18-29(34)33(21-24-13-9-10-14-25(24)31)26(30(35)32-3)19-22-11-7-6-8-12-22/h6-15,17,20,26H,4-5,16,18-19,21H2,1-3H3,(H,32,35)/t26-/m1/s1. The normalized spacial score (nSPS) is 11.5. The van der Waals surface area contributed by atoms with Crippen LogP contribution in [0.3, 0.4) is 0 Å². The van der Waals surface area contributed by atoms with Crippen molar-refractivity contribution in [2.75, 3.05) is 20.3 Å². The zero-order valence-electron chi connectivity index (χ0n) is 21.7. The van der Waals surface area contributed by atoms with Crippen molar-refractivity contribution in [3.8, 4) is 11.5 Å². The molecule has 0 radical (unpaired) electrons. The number of ether oxygens (including phenoxy) is 2. The maximum atomic E-state index is 13.7. The molecule has 7 heteroatoms.